The number of urea groups is 1. The minimum absolute atomic E-state index is 0.0353. The van der Waals surface area contributed by atoms with Crippen LogP contribution in [-0.2, 0) is 6.42 Å². The number of anilines is 2. The molecule has 6 rings (SSSR count). The van der Waals surface area contributed by atoms with Gasteiger partial charge in [-0.15, -0.1) is 0 Å². The molecular weight excluding hydrogens is 474 g/mol. The first-order valence-electron chi connectivity index (χ1n) is 14.1. The molecule has 2 aliphatic heterocycles. The minimum Gasteiger partial charge on any atom is -0.496 e. The Morgan fingerprint density at radius 3 is 2.61 bits per heavy atom. The van der Waals surface area contributed by atoms with Gasteiger partial charge in [-0.2, -0.15) is 0 Å². The number of hydrogen-bond donors (Lipinski definition) is 2. The summed E-state index contributed by atoms with van der Waals surface area (Å²) in [6.07, 6.45) is 6.69. The van der Waals surface area contributed by atoms with Crippen LogP contribution in [0.25, 0.3) is 10.9 Å². The van der Waals surface area contributed by atoms with Crippen molar-refractivity contribution in [2.45, 2.75) is 82.6 Å². The van der Waals surface area contributed by atoms with E-state index in [1.807, 2.05) is 42.3 Å². The van der Waals surface area contributed by atoms with Gasteiger partial charge in [0.1, 0.15) is 11.6 Å². The van der Waals surface area contributed by atoms with E-state index in [-0.39, 0.29) is 18.1 Å². The molecule has 0 saturated carbocycles. The molecule has 0 radical (unpaired) electrons. The van der Waals surface area contributed by atoms with Crippen molar-refractivity contribution in [3.63, 3.8) is 0 Å². The number of pyridine rings is 1. The number of fused-ring (bicyclic) bond motifs is 4. The maximum absolute atomic E-state index is 13.2. The Kier molecular flexibility index (Phi) is 6.64. The van der Waals surface area contributed by atoms with Gasteiger partial charge in [0.25, 0.3) is 0 Å². The number of aryl methyl sites for hydroxylation is 1. The third kappa shape index (κ3) is 4.57. The van der Waals surface area contributed by atoms with Gasteiger partial charge in [0, 0.05) is 47.9 Å². The second kappa shape index (κ2) is 10.1. The van der Waals surface area contributed by atoms with Gasteiger partial charge in [0.15, 0.2) is 0 Å². The Bertz CT molecular complexity index is 1330. The molecule has 1 aliphatic carbocycles. The zero-order chi connectivity index (χ0) is 26.4. The fourth-order valence-corrected chi connectivity index (χ4v) is 7.15. The third-order valence-corrected chi connectivity index (χ3v) is 8.92. The fraction of sp³-hybridized carbons (Fsp3) is 0.484. The monoisotopic (exact) mass is 513 g/mol. The Hall–Kier alpha value is -3.32. The summed E-state index contributed by atoms with van der Waals surface area (Å²) in [7, 11) is 3.67. The van der Waals surface area contributed by atoms with Crippen molar-refractivity contribution in [3.05, 3.63) is 59.7 Å². The van der Waals surface area contributed by atoms with Crippen molar-refractivity contribution in [1.82, 2.24) is 14.8 Å². The lowest BCUT2D eigenvalue weighted by atomic mass is 9.95. The number of carbonyl (C=O) groups is 1. The van der Waals surface area contributed by atoms with Crippen LogP contribution in [0.4, 0.5) is 16.3 Å². The molecule has 2 bridgehead atoms. The molecule has 4 atom stereocenters. The van der Waals surface area contributed by atoms with Crippen molar-refractivity contribution in [2.75, 3.05) is 24.8 Å². The number of methoxy groups -OCH3 is 1. The Balaban J connectivity index is 1.12. The van der Waals surface area contributed by atoms with Crippen LogP contribution in [0.1, 0.15) is 63.1 Å². The minimum atomic E-state index is -0.0353. The van der Waals surface area contributed by atoms with Crippen LogP contribution in [0.15, 0.2) is 48.5 Å². The quantitative estimate of drug-likeness (QED) is 0.410. The molecule has 2 fully saturated rings. The second-order valence-electron chi connectivity index (χ2n) is 11.5. The Labute approximate surface area is 225 Å². The molecule has 1 unspecified atom stereocenters. The highest BCUT2D eigenvalue weighted by Gasteiger charge is 2.43. The molecule has 2 aromatic carbocycles. The molecule has 7 heteroatoms. The number of rotatable bonds is 6. The predicted octanol–water partition coefficient (Wildman–Crippen LogP) is 6.21. The smallest absolute Gasteiger partial charge is 0.321 e. The van der Waals surface area contributed by atoms with Crippen molar-refractivity contribution < 1.29 is 9.53 Å². The first-order chi connectivity index (χ1) is 18.4. The summed E-state index contributed by atoms with van der Waals surface area (Å²) in [5.74, 6) is 1.78. The molecule has 7 nitrogen and oxygen atoms in total. The topological polar surface area (TPSA) is 69.7 Å². The second-order valence-corrected chi connectivity index (χ2v) is 11.5. The van der Waals surface area contributed by atoms with Gasteiger partial charge in [-0.3, -0.25) is 4.90 Å². The van der Waals surface area contributed by atoms with Crippen LogP contribution in [0.2, 0.25) is 0 Å². The molecule has 200 valence electrons. The van der Waals surface area contributed by atoms with Crippen molar-refractivity contribution in [1.29, 1.82) is 0 Å². The average molecular weight is 514 g/mol. The number of nitrogens with zero attached hydrogens (tertiary/aromatic N) is 3. The standard InChI is InChI=1S/C31H39N5O2/c1-19(2)36-23-11-12-24(36)18-25(17-23)35(3)31(37)32-22-10-14-26-21(16-22)9-15-29(33-26)34-27-13-8-20-6-5-7-28(38-4)30(20)27/h5-7,9-10,14-16,19,23-25,27H,8,11-13,17-18H2,1-4H3,(H,32,37)(H,33,34)/t23-,24+,25-,27?. The highest BCUT2D eigenvalue weighted by molar-refractivity contribution is 5.93. The van der Waals surface area contributed by atoms with E-state index in [0.29, 0.717) is 18.1 Å². The number of hydrogen-bond acceptors (Lipinski definition) is 5. The normalized spacial score (nSPS) is 24.4. The van der Waals surface area contributed by atoms with E-state index < -0.39 is 0 Å². The summed E-state index contributed by atoms with van der Waals surface area (Å²) >= 11 is 0. The van der Waals surface area contributed by atoms with Gasteiger partial charge in [-0.25, -0.2) is 9.78 Å². The first kappa shape index (κ1) is 25.0. The highest BCUT2D eigenvalue weighted by atomic mass is 16.5. The number of ether oxygens (including phenoxy) is 1. The molecule has 3 aliphatic rings. The zero-order valence-corrected chi connectivity index (χ0v) is 22.9. The van der Waals surface area contributed by atoms with Crippen LogP contribution in [0.3, 0.4) is 0 Å². The summed E-state index contributed by atoms with van der Waals surface area (Å²) in [6, 6.07) is 18.5. The first-order valence-corrected chi connectivity index (χ1v) is 14.1. The van der Waals surface area contributed by atoms with E-state index in [4.69, 9.17) is 9.72 Å². The predicted molar refractivity (Wildman–Crippen MR) is 153 cm³/mol. The average Bonchev–Trinajstić information content (AvgIpc) is 3.45. The van der Waals surface area contributed by atoms with Crippen LogP contribution >= 0.6 is 0 Å². The van der Waals surface area contributed by atoms with E-state index in [9.17, 15) is 4.79 Å². The number of amides is 2. The molecule has 2 saturated heterocycles. The number of aromatic nitrogens is 1. The van der Waals surface area contributed by atoms with Crippen molar-refractivity contribution >= 4 is 28.4 Å². The molecule has 3 heterocycles. The fourth-order valence-electron chi connectivity index (χ4n) is 7.15. The number of piperidine rings is 1. The van der Waals surface area contributed by atoms with Crippen LogP contribution in [-0.4, -0.2) is 59.1 Å². The summed E-state index contributed by atoms with van der Waals surface area (Å²) in [4.78, 5) is 22.6. The highest BCUT2D eigenvalue weighted by Crippen LogP contribution is 2.40. The lowest BCUT2D eigenvalue weighted by molar-refractivity contribution is 0.0605. The van der Waals surface area contributed by atoms with E-state index >= 15 is 0 Å². The summed E-state index contributed by atoms with van der Waals surface area (Å²) in [5.41, 5.74) is 4.28. The van der Waals surface area contributed by atoms with E-state index in [2.05, 4.69) is 47.6 Å². The van der Waals surface area contributed by atoms with E-state index in [0.717, 1.165) is 53.8 Å². The molecule has 0 spiro atoms. The SMILES string of the molecule is COc1cccc2c1C(Nc1ccc3cc(NC(=O)N(C)[C@@H]4C[C@H]5CC[C@@H](C4)N5C(C)C)ccc3n1)CC2. The van der Waals surface area contributed by atoms with Gasteiger partial charge in [0.05, 0.1) is 18.7 Å². The van der Waals surface area contributed by atoms with Crippen LogP contribution in [0, 0.1) is 0 Å². The maximum atomic E-state index is 13.2. The van der Waals surface area contributed by atoms with Gasteiger partial charge in [-0.1, -0.05) is 12.1 Å². The van der Waals surface area contributed by atoms with E-state index in [1.54, 1.807) is 7.11 Å². The largest absolute Gasteiger partial charge is 0.496 e. The van der Waals surface area contributed by atoms with Crippen molar-refractivity contribution in [3.8, 4) is 5.75 Å². The lowest BCUT2D eigenvalue weighted by Crippen LogP contribution is -2.53. The summed E-state index contributed by atoms with van der Waals surface area (Å²) < 4.78 is 5.62. The summed E-state index contributed by atoms with van der Waals surface area (Å²) in [6.45, 7) is 4.58. The zero-order valence-electron chi connectivity index (χ0n) is 22.9. The molecule has 2 amide bonds. The summed E-state index contributed by atoms with van der Waals surface area (Å²) in [5, 5.41) is 7.74. The van der Waals surface area contributed by atoms with E-state index in [1.165, 1.54) is 24.0 Å². The Morgan fingerprint density at radius 2 is 1.87 bits per heavy atom. The molecule has 2 N–H and O–H groups in total. The third-order valence-electron chi connectivity index (χ3n) is 8.92. The number of nitrogens with one attached hydrogen (secondary N) is 2. The van der Waals surface area contributed by atoms with Gasteiger partial charge < -0.3 is 20.3 Å². The van der Waals surface area contributed by atoms with Crippen LogP contribution in [0.5, 0.6) is 5.75 Å². The number of benzene rings is 2. The van der Waals surface area contributed by atoms with Crippen LogP contribution < -0.4 is 15.4 Å². The molecule has 3 aromatic rings. The van der Waals surface area contributed by atoms with Gasteiger partial charge >= 0.3 is 6.03 Å². The lowest BCUT2D eigenvalue weighted by Gasteiger charge is -2.44. The molecular formula is C31H39N5O2. The molecule has 1 aromatic heterocycles. The maximum Gasteiger partial charge on any atom is 0.321 e. The molecule has 38 heavy (non-hydrogen) atoms. The Morgan fingerprint density at radius 1 is 1.08 bits per heavy atom. The van der Waals surface area contributed by atoms with Crippen molar-refractivity contribution in [2.24, 2.45) is 0 Å². The van der Waals surface area contributed by atoms with Gasteiger partial charge in [0.2, 0.25) is 0 Å². The number of carbonyl (C=O) groups excluding carboxylic acids is 1. The van der Waals surface area contributed by atoms with Gasteiger partial charge in [-0.05, 0) is 94.3 Å².